The summed E-state index contributed by atoms with van der Waals surface area (Å²) in [5, 5.41) is 5.98. The lowest BCUT2D eigenvalue weighted by Gasteiger charge is -2.04. The molecule has 0 fully saturated rings. The first-order valence-corrected chi connectivity index (χ1v) is 9.05. The minimum Gasteiger partial charge on any atom is -0.266 e. The number of benzene rings is 2. The van der Waals surface area contributed by atoms with E-state index in [4.69, 9.17) is 0 Å². The molecule has 0 aliphatic rings. The third-order valence-electron chi connectivity index (χ3n) is 3.51. The second kappa shape index (κ2) is 7.55. The Morgan fingerprint density at radius 2 is 1.88 bits per heavy atom. The van der Waals surface area contributed by atoms with E-state index in [-0.39, 0.29) is 5.91 Å². The molecular formula is C19H15BrN2OS. The zero-order valence-corrected chi connectivity index (χ0v) is 15.4. The summed E-state index contributed by atoms with van der Waals surface area (Å²) in [5.41, 5.74) is 6.65. The van der Waals surface area contributed by atoms with Crippen LogP contribution >= 0.6 is 27.3 Å². The zero-order valence-electron chi connectivity index (χ0n) is 13.0. The van der Waals surface area contributed by atoms with Crippen molar-refractivity contribution in [3.05, 3.63) is 80.5 Å². The third-order valence-corrected chi connectivity index (χ3v) is 5.14. The van der Waals surface area contributed by atoms with E-state index in [9.17, 15) is 4.79 Å². The summed E-state index contributed by atoms with van der Waals surface area (Å²) in [4.78, 5) is 13.1. The number of hydrazone groups is 1. The maximum Gasteiger partial charge on any atom is 0.282 e. The fourth-order valence-corrected chi connectivity index (χ4v) is 3.43. The predicted octanol–water partition coefficient (Wildman–Crippen LogP) is 5.25. The summed E-state index contributed by atoms with van der Waals surface area (Å²) in [7, 11) is 0. The second-order valence-electron chi connectivity index (χ2n) is 5.25. The number of hydrogen-bond acceptors (Lipinski definition) is 3. The van der Waals surface area contributed by atoms with Crippen molar-refractivity contribution in [1.82, 2.24) is 5.43 Å². The second-order valence-corrected chi connectivity index (χ2v) is 7.02. The van der Waals surface area contributed by atoms with E-state index in [2.05, 4.69) is 26.5 Å². The average molecular weight is 399 g/mol. The standard InChI is InChI=1S/C19H15BrN2OS/c1-13-6-8-14(9-7-13)16-10-11-24-18(16)19(23)22-21-12-15-4-2-3-5-17(15)20/h2-12H,1H3,(H,22,23)/b21-12-. The van der Waals surface area contributed by atoms with Crippen LogP contribution in [-0.4, -0.2) is 12.1 Å². The smallest absolute Gasteiger partial charge is 0.266 e. The summed E-state index contributed by atoms with van der Waals surface area (Å²) < 4.78 is 0.930. The maximum atomic E-state index is 12.4. The molecule has 0 saturated heterocycles. The van der Waals surface area contributed by atoms with Crippen molar-refractivity contribution >= 4 is 39.4 Å². The molecule has 0 saturated carbocycles. The number of rotatable bonds is 4. The van der Waals surface area contributed by atoms with E-state index in [1.54, 1.807) is 6.21 Å². The van der Waals surface area contributed by atoms with Gasteiger partial charge in [0, 0.05) is 15.6 Å². The minimum absolute atomic E-state index is 0.205. The van der Waals surface area contributed by atoms with E-state index in [1.165, 1.54) is 16.9 Å². The number of nitrogens with one attached hydrogen (secondary N) is 1. The lowest BCUT2D eigenvalue weighted by Crippen LogP contribution is -2.17. The van der Waals surface area contributed by atoms with Crippen molar-refractivity contribution in [3.63, 3.8) is 0 Å². The SMILES string of the molecule is Cc1ccc(-c2ccsc2C(=O)N/N=C\c2ccccc2Br)cc1. The fourth-order valence-electron chi connectivity index (χ4n) is 2.24. The number of carbonyl (C=O) groups is 1. The molecule has 2 aromatic carbocycles. The zero-order chi connectivity index (χ0) is 16.9. The van der Waals surface area contributed by atoms with Crippen molar-refractivity contribution < 1.29 is 4.79 Å². The molecule has 3 aromatic rings. The Kier molecular flexibility index (Phi) is 5.23. The Morgan fingerprint density at radius 3 is 2.62 bits per heavy atom. The number of nitrogens with zero attached hydrogens (tertiary/aromatic N) is 1. The van der Waals surface area contributed by atoms with Gasteiger partial charge in [-0.15, -0.1) is 11.3 Å². The summed E-state index contributed by atoms with van der Waals surface area (Å²) in [5.74, 6) is -0.205. The Bertz CT molecular complexity index is 884. The van der Waals surface area contributed by atoms with E-state index < -0.39 is 0 Å². The van der Waals surface area contributed by atoms with Gasteiger partial charge in [0.1, 0.15) is 4.88 Å². The molecule has 0 spiro atoms. The molecule has 0 unspecified atom stereocenters. The highest BCUT2D eigenvalue weighted by Gasteiger charge is 2.14. The Morgan fingerprint density at radius 1 is 1.12 bits per heavy atom. The lowest BCUT2D eigenvalue weighted by atomic mass is 10.1. The first-order chi connectivity index (χ1) is 11.6. The van der Waals surface area contributed by atoms with Crippen LogP contribution < -0.4 is 5.43 Å². The van der Waals surface area contributed by atoms with Crippen LogP contribution in [0.1, 0.15) is 20.8 Å². The highest BCUT2D eigenvalue weighted by atomic mass is 79.9. The van der Waals surface area contributed by atoms with Crippen LogP contribution in [0.15, 0.2) is 69.6 Å². The highest BCUT2D eigenvalue weighted by molar-refractivity contribution is 9.10. The third kappa shape index (κ3) is 3.80. The molecule has 0 aliphatic carbocycles. The molecule has 24 heavy (non-hydrogen) atoms. The number of halogens is 1. The van der Waals surface area contributed by atoms with Crippen LogP contribution in [0.25, 0.3) is 11.1 Å². The summed E-state index contributed by atoms with van der Waals surface area (Å²) in [6, 6.07) is 17.8. The molecule has 0 aliphatic heterocycles. The van der Waals surface area contributed by atoms with Gasteiger partial charge in [-0.2, -0.15) is 5.10 Å². The van der Waals surface area contributed by atoms with E-state index in [0.29, 0.717) is 4.88 Å². The molecule has 1 N–H and O–H groups in total. The van der Waals surface area contributed by atoms with Crippen molar-refractivity contribution in [2.24, 2.45) is 5.10 Å². The maximum absolute atomic E-state index is 12.4. The summed E-state index contributed by atoms with van der Waals surface area (Å²) in [6.07, 6.45) is 1.63. The first-order valence-electron chi connectivity index (χ1n) is 7.37. The Balaban J connectivity index is 1.76. The Hall–Kier alpha value is -2.24. The van der Waals surface area contributed by atoms with Gasteiger partial charge in [0.25, 0.3) is 5.91 Å². The summed E-state index contributed by atoms with van der Waals surface area (Å²) >= 11 is 4.86. The van der Waals surface area contributed by atoms with Crippen LogP contribution in [0.3, 0.4) is 0 Å². The van der Waals surface area contributed by atoms with Crippen LogP contribution in [-0.2, 0) is 0 Å². The van der Waals surface area contributed by atoms with Gasteiger partial charge in [0.2, 0.25) is 0 Å². The number of amides is 1. The van der Waals surface area contributed by atoms with E-state index in [1.807, 2.05) is 66.9 Å². The van der Waals surface area contributed by atoms with Gasteiger partial charge < -0.3 is 0 Å². The van der Waals surface area contributed by atoms with E-state index in [0.717, 1.165) is 21.2 Å². The molecule has 0 bridgehead atoms. The molecule has 3 nitrogen and oxygen atoms in total. The number of aryl methyl sites for hydroxylation is 1. The van der Waals surface area contributed by atoms with Crippen LogP contribution in [0.2, 0.25) is 0 Å². The highest BCUT2D eigenvalue weighted by Crippen LogP contribution is 2.28. The molecule has 1 amide bonds. The number of hydrogen-bond donors (Lipinski definition) is 1. The molecule has 0 radical (unpaired) electrons. The van der Waals surface area contributed by atoms with E-state index >= 15 is 0 Å². The molecule has 3 rings (SSSR count). The van der Waals surface area contributed by atoms with Crippen molar-refractivity contribution in [2.45, 2.75) is 6.92 Å². The van der Waals surface area contributed by atoms with Gasteiger partial charge in [-0.05, 0) is 30.0 Å². The Labute approximate surface area is 153 Å². The van der Waals surface area contributed by atoms with Crippen molar-refractivity contribution in [1.29, 1.82) is 0 Å². The quantitative estimate of drug-likeness (QED) is 0.473. The van der Waals surface area contributed by atoms with Gasteiger partial charge >= 0.3 is 0 Å². The van der Waals surface area contributed by atoms with Gasteiger partial charge in [-0.3, -0.25) is 4.79 Å². The minimum atomic E-state index is -0.205. The van der Waals surface area contributed by atoms with Crippen LogP contribution in [0, 0.1) is 6.92 Å². The molecule has 1 heterocycles. The molecule has 120 valence electrons. The monoisotopic (exact) mass is 398 g/mol. The topological polar surface area (TPSA) is 41.5 Å². The van der Waals surface area contributed by atoms with Crippen LogP contribution in [0.5, 0.6) is 0 Å². The number of thiophene rings is 1. The normalized spacial score (nSPS) is 10.9. The fraction of sp³-hybridized carbons (Fsp3) is 0.0526. The molecule has 5 heteroatoms. The molecule has 1 aromatic heterocycles. The van der Waals surface area contributed by atoms with Crippen LogP contribution in [0.4, 0.5) is 0 Å². The van der Waals surface area contributed by atoms with Gasteiger partial charge in [-0.25, -0.2) is 5.43 Å². The van der Waals surface area contributed by atoms with Crippen molar-refractivity contribution in [3.8, 4) is 11.1 Å². The molecular weight excluding hydrogens is 384 g/mol. The van der Waals surface area contributed by atoms with Gasteiger partial charge in [0.15, 0.2) is 0 Å². The van der Waals surface area contributed by atoms with Crippen molar-refractivity contribution in [2.75, 3.05) is 0 Å². The lowest BCUT2D eigenvalue weighted by molar-refractivity contribution is 0.0960. The first kappa shape index (κ1) is 16.6. The predicted molar refractivity (Wildman–Crippen MR) is 104 cm³/mol. The van der Waals surface area contributed by atoms with Gasteiger partial charge in [-0.1, -0.05) is 64.0 Å². The molecule has 0 atom stereocenters. The number of carbonyl (C=O) groups excluding carboxylic acids is 1. The largest absolute Gasteiger partial charge is 0.282 e. The average Bonchev–Trinajstić information content (AvgIpc) is 3.07. The van der Waals surface area contributed by atoms with Gasteiger partial charge in [0.05, 0.1) is 6.21 Å². The summed E-state index contributed by atoms with van der Waals surface area (Å²) in [6.45, 7) is 2.04.